The maximum absolute atomic E-state index is 12.7. The number of nitrogen functional groups attached to an aromatic ring is 1. The van der Waals surface area contributed by atoms with Gasteiger partial charge in [-0.2, -0.15) is 0 Å². The number of aryl methyl sites for hydroxylation is 3. The molecule has 2 heterocycles. The Morgan fingerprint density at radius 3 is 2.56 bits per heavy atom. The van der Waals surface area contributed by atoms with Gasteiger partial charge in [-0.1, -0.05) is 22.9 Å². The number of ether oxygens (including phenoxy) is 1. The van der Waals surface area contributed by atoms with Crippen LogP contribution in [0.3, 0.4) is 0 Å². The predicted octanol–water partition coefficient (Wildman–Crippen LogP) is 4.53. The second-order valence-electron chi connectivity index (χ2n) is 8.47. The number of nitrogens with one attached hydrogen (secondary N) is 1. The van der Waals surface area contributed by atoms with Gasteiger partial charge in [-0.15, -0.1) is 5.10 Å². The third-order valence-corrected chi connectivity index (χ3v) is 5.28. The van der Waals surface area contributed by atoms with Gasteiger partial charge >= 0.3 is 0 Å². The monoisotopic (exact) mass is 460 g/mol. The molecular formula is C25H28N6O3. The molecule has 0 aliphatic heterocycles. The molecule has 0 saturated carbocycles. The molecule has 0 bridgehead atoms. The van der Waals surface area contributed by atoms with Crippen molar-refractivity contribution >= 4 is 17.4 Å². The van der Waals surface area contributed by atoms with Crippen LogP contribution in [0.5, 0.6) is 5.75 Å². The van der Waals surface area contributed by atoms with Crippen molar-refractivity contribution in [3.63, 3.8) is 0 Å². The van der Waals surface area contributed by atoms with Gasteiger partial charge in [0, 0.05) is 11.3 Å². The summed E-state index contributed by atoms with van der Waals surface area (Å²) in [5.41, 5.74) is 10.5. The molecule has 2 aromatic carbocycles. The molecule has 9 heteroatoms. The van der Waals surface area contributed by atoms with Crippen molar-refractivity contribution in [3.8, 4) is 17.2 Å². The number of carbonyl (C=O) groups is 1. The number of aromatic nitrogens is 4. The minimum absolute atomic E-state index is 0.0575. The Morgan fingerprint density at radius 2 is 1.88 bits per heavy atom. The average molecular weight is 461 g/mol. The molecule has 3 N–H and O–H groups in total. The molecule has 0 unspecified atom stereocenters. The van der Waals surface area contributed by atoms with Gasteiger partial charge in [0.05, 0.1) is 12.6 Å². The number of amides is 1. The van der Waals surface area contributed by atoms with E-state index in [-0.39, 0.29) is 24.2 Å². The van der Waals surface area contributed by atoms with E-state index in [0.717, 1.165) is 22.4 Å². The number of benzene rings is 2. The number of anilines is 2. The molecule has 0 aliphatic rings. The molecule has 0 spiro atoms. The lowest BCUT2D eigenvalue weighted by molar-refractivity contribution is 0.102. The fourth-order valence-electron chi connectivity index (χ4n) is 3.52. The molecule has 2 aromatic heterocycles. The summed E-state index contributed by atoms with van der Waals surface area (Å²) in [6.45, 7) is 9.93. The Kier molecular flexibility index (Phi) is 6.36. The van der Waals surface area contributed by atoms with Gasteiger partial charge < -0.3 is 20.2 Å². The Labute approximate surface area is 197 Å². The van der Waals surface area contributed by atoms with Gasteiger partial charge in [0.2, 0.25) is 5.89 Å². The van der Waals surface area contributed by atoms with E-state index >= 15 is 0 Å². The molecule has 0 fully saturated rings. The zero-order chi connectivity index (χ0) is 24.4. The van der Waals surface area contributed by atoms with Crippen molar-refractivity contribution in [1.82, 2.24) is 20.0 Å². The topological polar surface area (TPSA) is 121 Å². The fourth-order valence-corrected chi connectivity index (χ4v) is 3.52. The van der Waals surface area contributed by atoms with E-state index in [1.807, 2.05) is 77.1 Å². The van der Waals surface area contributed by atoms with Crippen LogP contribution in [0.2, 0.25) is 0 Å². The molecule has 176 valence electrons. The Morgan fingerprint density at radius 1 is 1.15 bits per heavy atom. The molecule has 0 atom stereocenters. The highest BCUT2D eigenvalue weighted by molar-refractivity contribution is 6.06. The highest BCUT2D eigenvalue weighted by atomic mass is 16.5. The highest BCUT2D eigenvalue weighted by Gasteiger charge is 2.20. The first-order valence-electron chi connectivity index (χ1n) is 11.0. The molecule has 9 nitrogen and oxygen atoms in total. The molecule has 1 amide bonds. The van der Waals surface area contributed by atoms with Gasteiger partial charge in [0.15, 0.2) is 11.5 Å². The summed E-state index contributed by atoms with van der Waals surface area (Å²) in [4.78, 5) is 17.3. The second kappa shape index (κ2) is 9.38. The van der Waals surface area contributed by atoms with E-state index < -0.39 is 5.91 Å². The van der Waals surface area contributed by atoms with Crippen molar-refractivity contribution in [2.24, 2.45) is 0 Å². The lowest BCUT2D eigenvalue weighted by Crippen LogP contribution is -2.16. The van der Waals surface area contributed by atoms with E-state index in [0.29, 0.717) is 23.0 Å². The molecule has 4 rings (SSSR count). The van der Waals surface area contributed by atoms with Gasteiger partial charge in [0.25, 0.3) is 5.91 Å². The number of carbonyl (C=O) groups excluding carboxylic acids is 1. The van der Waals surface area contributed by atoms with Crippen molar-refractivity contribution in [3.05, 3.63) is 70.7 Å². The average Bonchev–Trinajstić information content (AvgIpc) is 3.33. The van der Waals surface area contributed by atoms with Gasteiger partial charge in [-0.3, -0.25) is 4.79 Å². The third-order valence-electron chi connectivity index (χ3n) is 5.28. The van der Waals surface area contributed by atoms with Crippen molar-refractivity contribution in [1.29, 1.82) is 0 Å². The van der Waals surface area contributed by atoms with Crippen LogP contribution < -0.4 is 15.8 Å². The zero-order valence-corrected chi connectivity index (χ0v) is 19.9. The first-order chi connectivity index (χ1) is 16.2. The number of hydrogen-bond donors (Lipinski definition) is 2. The molecule has 4 aromatic rings. The van der Waals surface area contributed by atoms with E-state index in [2.05, 4.69) is 20.6 Å². The van der Waals surface area contributed by atoms with Crippen LogP contribution in [-0.2, 0) is 6.54 Å². The molecule has 34 heavy (non-hydrogen) atoms. The normalized spacial score (nSPS) is 11.1. The fraction of sp³-hybridized carbons (Fsp3) is 0.280. The standard InChI is InChI=1S/C25H28N6O3/c1-14(2)33-19-9-7-18(8-10-19)25-28-21(17(5)34-25)13-31-23(26)22(29-30-31)24(32)27-20-11-6-15(3)12-16(20)4/h6-12,14H,13,26H2,1-5H3,(H,27,32). The molecular weight excluding hydrogens is 432 g/mol. The van der Waals surface area contributed by atoms with E-state index in [1.54, 1.807) is 0 Å². The smallest absolute Gasteiger partial charge is 0.280 e. The number of oxazole rings is 1. The van der Waals surface area contributed by atoms with Gasteiger partial charge in [-0.05, 0) is 70.5 Å². The first-order valence-corrected chi connectivity index (χ1v) is 11.0. The zero-order valence-electron chi connectivity index (χ0n) is 19.9. The van der Waals surface area contributed by atoms with Gasteiger partial charge in [-0.25, -0.2) is 9.67 Å². The maximum Gasteiger partial charge on any atom is 0.280 e. The summed E-state index contributed by atoms with van der Waals surface area (Å²) in [5, 5.41) is 10.9. The Balaban J connectivity index is 1.49. The summed E-state index contributed by atoms with van der Waals surface area (Å²) in [6.07, 6.45) is 0.0995. The van der Waals surface area contributed by atoms with Gasteiger partial charge in [0.1, 0.15) is 17.2 Å². The quantitative estimate of drug-likeness (QED) is 0.416. The number of nitrogens with two attached hydrogens (primary N) is 1. The lowest BCUT2D eigenvalue weighted by Gasteiger charge is -2.09. The van der Waals surface area contributed by atoms with Crippen LogP contribution in [0.1, 0.15) is 46.9 Å². The largest absolute Gasteiger partial charge is 0.491 e. The summed E-state index contributed by atoms with van der Waals surface area (Å²) < 4.78 is 13.0. The summed E-state index contributed by atoms with van der Waals surface area (Å²) in [7, 11) is 0. The number of rotatable bonds is 7. The molecule has 0 aliphatic carbocycles. The Hall–Kier alpha value is -4.14. The minimum Gasteiger partial charge on any atom is -0.491 e. The van der Waals surface area contributed by atoms with E-state index in [1.165, 1.54) is 4.68 Å². The SMILES string of the molecule is Cc1ccc(NC(=O)c2nnn(Cc3nc(-c4ccc(OC(C)C)cc4)oc3C)c2N)c(C)c1. The lowest BCUT2D eigenvalue weighted by atomic mass is 10.1. The summed E-state index contributed by atoms with van der Waals surface area (Å²) >= 11 is 0. The van der Waals surface area contributed by atoms with Crippen LogP contribution in [0.15, 0.2) is 46.9 Å². The number of nitrogens with zero attached hydrogens (tertiary/aromatic N) is 4. The van der Waals surface area contributed by atoms with Crippen LogP contribution in [0, 0.1) is 20.8 Å². The number of hydrogen-bond acceptors (Lipinski definition) is 7. The predicted molar refractivity (Wildman–Crippen MR) is 130 cm³/mol. The summed E-state index contributed by atoms with van der Waals surface area (Å²) in [5.74, 6) is 1.63. The van der Waals surface area contributed by atoms with E-state index in [9.17, 15) is 4.79 Å². The Bertz CT molecular complexity index is 1320. The van der Waals surface area contributed by atoms with Crippen LogP contribution in [0.25, 0.3) is 11.5 Å². The van der Waals surface area contributed by atoms with Crippen molar-refractivity contribution in [2.75, 3.05) is 11.1 Å². The van der Waals surface area contributed by atoms with Crippen LogP contribution in [-0.4, -0.2) is 32.0 Å². The van der Waals surface area contributed by atoms with Crippen LogP contribution in [0.4, 0.5) is 11.5 Å². The first kappa shape index (κ1) is 23.0. The molecule has 0 radical (unpaired) electrons. The summed E-state index contributed by atoms with van der Waals surface area (Å²) in [6, 6.07) is 13.3. The second-order valence-corrected chi connectivity index (χ2v) is 8.47. The van der Waals surface area contributed by atoms with Crippen molar-refractivity contribution < 1.29 is 13.9 Å². The maximum atomic E-state index is 12.7. The van der Waals surface area contributed by atoms with Crippen LogP contribution >= 0.6 is 0 Å². The van der Waals surface area contributed by atoms with E-state index in [4.69, 9.17) is 14.9 Å². The molecule has 0 saturated heterocycles. The minimum atomic E-state index is -0.419. The third kappa shape index (κ3) is 4.93. The van der Waals surface area contributed by atoms with Crippen molar-refractivity contribution in [2.45, 2.75) is 47.3 Å². The highest BCUT2D eigenvalue weighted by Crippen LogP contribution is 2.25.